The quantitative estimate of drug-likeness (QED) is 0.330. The molecule has 40 heavy (non-hydrogen) atoms. The second kappa shape index (κ2) is 10.4. The van der Waals surface area contributed by atoms with Gasteiger partial charge in [0.15, 0.2) is 0 Å². The molecule has 4 aromatic carbocycles. The van der Waals surface area contributed by atoms with Crippen molar-refractivity contribution in [2.45, 2.75) is 44.9 Å². The summed E-state index contributed by atoms with van der Waals surface area (Å²) in [4.78, 5) is 33.3. The summed E-state index contributed by atoms with van der Waals surface area (Å²) in [5.41, 5.74) is 5.07. The maximum Gasteiger partial charge on any atom is 0.255 e. The minimum absolute atomic E-state index is 0.0224. The number of aliphatic hydroxyl groups is 1. The number of anilines is 1. The number of nitrogens with zero attached hydrogens (tertiary/aromatic N) is 2. The summed E-state index contributed by atoms with van der Waals surface area (Å²) in [7, 11) is 0. The smallest absolute Gasteiger partial charge is 0.255 e. The van der Waals surface area contributed by atoms with E-state index in [9.17, 15) is 9.90 Å². The molecule has 1 spiro atoms. The van der Waals surface area contributed by atoms with Crippen molar-refractivity contribution in [2.24, 2.45) is 5.92 Å². The van der Waals surface area contributed by atoms with Crippen LogP contribution in [0.3, 0.4) is 0 Å². The normalized spacial score (nSPS) is 20.1. The SMILES string of the molecule is CC(C)CN1C(=O)[C@@]2(Cc3ccccc31)c1ccccc1C(=O)N(Cc1ccccc1)[C@H]2c1ccc(CO)cc1. The summed E-state index contributed by atoms with van der Waals surface area (Å²) >= 11 is 0. The average molecular weight is 531 g/mol. The number of aliphatic hydroxyl groups excluding tert-OH is 1. The molecule has 0 fully saturated rings. The predicted octanol–water partition coefficient (Wildman–Crippen LogP) is 6.06. The highest BCUT2D eigenvalue weighted by Gasteiger charge is 2.59. The molecule has 5 nitrogen and oxygen atoms in total. The van der Waals surface area contributed by atoms with E-state index in [1.54, 1.807) is 0 Å². The highest BCUT2D eigenvalue weighted by Crippen LogP contribution is 2.54. The summed E-state index contributed by atoms with van der Waals surface area (Å²) < 4.78 is 0. The van der Waals surface area contributed by atoms with Crippen LogP contribution in [-0.4, -0.2) is 28.4 Å². The Morgan fingerprint density at radius 2 is 1.50 bits per heavy atom. The third-order valence-corrected chi connectivity index (χ3v) is 8.28. The van der Waals surface area contributed by atoms with E-state index in [1.165, 1.54) is 0 Å². The van der Waals surface area contributed by atoms with Gasteiger partial charge in [-0.05, 0) is 52.3 Å². The highest BCUT2D eigenvalue weighted by molar-refractivity contribution is 6.09. The summed E-state index contributed by atoms with van der Waals surface area (Å²) in [5.74, 6) is 0.202. The first-order chi connectivity index (χ1) is 19.4. The van der Waals surface area contributed by atoms with E-state index in [0.717, 1.165) is 33.5 Å². The van der Waals surface area contributed by atoms with Gasteiger partial charge in [0.05, 0.1) is 12.6 Å². The molecule has 6 rings (SSSR count). The zero-order chi connectivity index (χ0) is 27.9. The maximum absolute atomic E-state index is 15.1. The molecule has 0 bridgehead atoms. The van der Waals surface area contributed by atoms with Crippen LogP contribution >= 0.6 is 0 Å². The van der Waals surface area contributed by atoms with Crippen molar-refractivity contribution in [3.63, 3.8) is 0 Å². The molecule has 1 N–H and O–H groups in total. The van der Waals surface area contributed by atoms with Gasteiger partial charge in [-0.15, -0.1) is 0 Å². The van der Waals surface area contributed by atoms with E-state index in [4.69, 9.17) is 0 Å². The zero-order valence-corrected chi connectivity index (χ0v) is 23.0. The largest absolute Gasteiger partial charge is 0.392 e. The third kappa shape index (κ3) is 4.22. The van der Waals surface area contributed by atoms with Crippen LogP contribution in [0.2, 0.25) is 0 Å². The molecule has 0 unspecified atom stereocenters. The molecule has 2 aliphatic heterocycles. The Labute approximate surface area is 235 Å². The van der Waals surface area contributed by atoms with Crippen LogP contribution in [0, 0.1) is 5.92 Å². The molecule has 5 heteroatoms. The van der Waals surface area contributed by atoms with E-state index < -0.39 is 11.5 Å². The summed E-state index contributed by atoms with van der Waals surface area (Å²) in [6.07, 6.45) is 0.485. The van der Waals surface area contributed by atoms with Crippen molar-refractivity contribution in [1.82, 2.24) is 4.90 Å². The van der Waals surface area contributed by atoms with Crippen molar-refractivity contribution in [3.05, 3.63) is 137 Å². The molecule has 4 aromatic rings. The lowest BCUT2D eigenvalue weighted by Gasteiger charge is -2.53. The lowest BCUT2D eigenvalue weighted by Crippen LogP contribution is -2.62. The van der Waals surface area contributed by atoms with E-state index in [1.807, 2.05) is 107 Å². The second-order valence-corrected chi connectivity index (χ2v) is 11.4. The number of rotatable bonds is 6. The third-order valence-electron chi connectivity index (χ3n) is 8.28. The number of hydrogen-bond acceptors (Lipinski definition) is 3. The van der Waals surface area contributed by atoms with Crippen LogP contribution in [0.5, 0.6) is 0 Å². The van der Waals surface area contributed by atoms with Gasteiger partial charge in [0.25, 0.3) is 5.91 Å². The van der Waals surface area contributed by atoms with E-state index >= 15 is 4.79 Å². The standard InChI is InChI=1S/C35H34N2O3/c1-24(2)21-36-31-15-9-6-12-28(31)20-35(34(36)40)30-14-8-7-13-29(30)33(39)37(22-25-10-4-3-5-11-25)32(35)27-18-16-26(23-38)17-19-27/h3-19,24,32,38H,20-23H2,1-2H3/t32-,35-/m0/s1. The van der Waals surface area contributed by atoms with Crippen molar-refractivity contribution in [1.29, 1.82) is 0 Å². The molecule has 0 aromatic heterocycles. The van der Waals surface area contributed by atoms with Crippen LogP contribution in [-0.2, 0) is 29.8 Å². The first-order valence-electron chi connectivity index (χ1n) is 14.0. The van der Waals surface area contributed by atoms with Crippen molar-refractivity contribution in [3.8, 4) is 0 Å². The Balaban J connectivity index is 1.64. The summed E-state index contributed by atoms with van der Waals surface area (Å²) in [6.45, 7) is 5.15. The van der Waals surface area contributed by atoms with Crippen molar-refractivity contribution >= 4 is 17.5 Å². The van der Waals surface area contributed by atoms with Gasteiger partial charge in [0.1, 0.15) is 5.41 Å². The average Bonchev–Trinajstić information content (AvgIpc) is 2.98. The lowest BCUT2D eigenvalue weighted by molar-refractivity contribution is -0.128. The van der Waals surface area contributed by atoms with Crippen LogP contribution in [0.1, 0.15) is 58.1 Å². The number of para-hydroxylation sites is 1. The number of carbonyl (C=O) groups excluding carboxylic acids is 2. The molecule has 2 heterocycles. The second-order valence-electron chi connectivity index (χ2n) is 11.4. The summed E-state index contributed by atoms with van der Waals surface area (Å²) in [5, 5.41) is 9.74. The Morgan fingerprint density at radius 3 is 2.23 bits per heavy atom. The molecule has 202 valence electrons. The molecule has 2 aliphatic rings. The number of benzene rings is 4. The first kappa shape index (κ1) is 26.0. The molecule has 0 aliphatic carbocycles. The molecule has 0 saturated carbocycles. The number of hydrogen-bond donors (Lipinski definition) is 1. The molecule has 0 saturated heterocycles. The van der Waals surface area contributed by atoms with Gasteiger partial charge in [0, 0.05) is 24.3 Å². The lowest BCUT2D eigenvalue weighted by atomic mass is 9.61. The van der Waals surface area contributed by atoms with Crippen LogP contribution < -0.4 is 4.90 Å². The Morgan fingerprint density at radius 1 is 0.825 bits per heavy atom. The first-order valence-corrected chi connectivity index (χ1v) is 14.0. The predicted molar refractivity (Wildman–Crippen MR) is 157 cm³/mol. The fourth-order valence-electron chi connectivity index (χ4n) is 6.58. The van der Waals surface area contributed by atoms with Gasteiger partial charge in [-0.1, -0.05) is 105 Å². The fourth-order valence-corrected chi connectivity index (χ4v) is 6.58. The topological polar surface area (TPSA) is 60.9 Å². The number of carbonyl (C=O) groups is 2. The number of amides is 2. The van der Waals surface area contributed by atoms with E-state index in [2.05, 4.69) is 19.9 Å². The van der Waals surface area contributed by atoms with Crippen LogP contribution in [0.15, 0.2) is 103 Å². The molecule has 2 atom stereocenters. The Kier molecular flexibility index (Phi) is 6.77. The van der Waals surface area contributed by atoms with Crippen molar-refractivity contribution in [2.75, 3.05) is 11.4 Å². The van der Waals surface area contributed by atoms with Crippen LogP contribution in [0.4, 0.5) is 5.69 Å². The van der Waals surface area contributed by atoms with Gasteiger partial charge >= 0.3 is 0 Å². The highest BCUT2D eigenvalue weighted by atomic mass is 16.3. The van der Waals surface area contributed by atoms with Gasteiger partial charge in [0.2, 0.25) is 5.91 Å². The number of fused-ring (bicyclic) bond motifs is 3. The zero-order valence-electron chi connectivity index (χ0n) is 23.0. The van der Waals surface area contributed by atoms with Gasteiger partial charge < -0.3 is 14.9 Å². The summed E-state index contributed by atoms with van der Waals surface area (Å²) in [6, 6.07) is 33.0. The Hall–Kier alpha value is -4.22. The molecular formula is C35H34N2O3. The minimum Gasteiger partial charge on any atom is -0.392 e. The van der Waals surface area contributed by atoms with Gasteiger partial charge in [-0.3, -0.25) is 9.59 Å². The minimum atomic E-state index is -1.02. The molecular weight excluding hydrogens is 496 g/mol. The Bertz CT molecular complexity index is 1550. The maximum atomic E-state index is 15.1. The monoisotopic (exact) mass is 530 g/mol. The van der Waals surface area contributed by atoms with Gasteiger partial charge in [-0.2, -0.15) is 0 Å². The van der Waals surface area contributed by atoms with Crippen LogP contribution in [0.25, 0.3) is 0 Å². The van der Waals surface area contributed by atoms with Crippen molar-refractivity contribution < 1.29 is 14.7 Å². The van der Waals surface area contributed by atoms with E-state index in [-0.39, 0.29) is 24.3 Å². The van der Waals surface area contributed by atoms with Gasteiger partial charge in [-0.25, -0.2) is 0 Å². The fraction of sp³-hybridized carbons (Fsp3) is 0.257. The molecule has 2 amide bonds. The van der Waals surface area contributed by atoms with E-state index in [0.29, 0.717) is 25.1 Å². The molecule has 0 radical (unpaired) electrons.